The maximum absolute atomic E-state index is 11.9. The monoisotopic (exact) mass is 271 g/mol. The van der Waals surface area contributed by atoms with E-state index in [0.29, 0.717) is 16.8 Å². The average Bonchev–Trinajstić information content (AvgIpc) is 2.38. The molecule has 1 rings (SSSR count). The second kappa shape index (κ2) is 6.38. The van der Waals surface area contributed by atoms with Gasteiger partial charge >= 0.3 is 0 Å². The zero-order chi connectivity index (χ0) is 15.3. The van der Waals surface area contributed by atoms with Gasteiger partial charge in [0.15, 0.2) is 0 Å². The molecule has 20 heavy (non-hydrogen) atoms. The van der Waals surface area contributed by atoms with Crippen molar-refractivity contribution in [2.45, 2.75) is 19.9 Å². The van der Waals surface area contributed by atoms with Gasteiger partial charge in [0, 0.05) is 29.1 Å². The number of carbonyl (C=O) groups is 1. The Hall–Kier alpha value is -2.81. The van der Waals surface area contributed by atoms with Gasteiger partial charge in [0.05, 0.1) is 5.70 Å². The number of benzene rings is 1. The first-order chi connectivity index (χ1) is 9.40. The van der Waals surface area contributed by atoms with Crippen molar-refractivity contribution in [1.29, 1.82) is 10.7 Å². The van der Waals surface area contributed by atoms with Gasteiger partial charge in [0.2, 0.25) is 0 Å². The van der Waals surface area contributed by atoms with E-state index in [-0.39, 0.29) is 17.3 Å². The predicted octanol–water partition coefficient (Wildman–Crippen LogP) is 0.984. The van der Waals surface area contributed by atoms with E-state index in [4.69, 9.17) is 22.1 Å². The minimum atomic E-state index is -0.519. The van der Waals surface area contributed by atoms with E-state index in [0.717, 1.165) is 6.21 Å². The zero-order valence-corrected chi connectivity index (χ0v) is 11.4. The largest absolute Gasteiger partial charge is 0.398 e. The number of anilines is 1. The Labute approximate surface area is 117 Å². The summed E-state index contributed by atoms with van der Waals surface area (Å²) in [6, 6.07) is 6.48. The first kappa shape index (κ1) is 15.2. The van der Waals surface area contributed by atoms with Crippen molar-refractivity contribution in [3.8, 4) is 6.07 Å². The van der Waals surface area contributed by atoms with Gasteiger partial charge in [-0.25, -0.2) is 0 Å². The maximum Gasteiger partial charge on any atom is 0.264 e. The van der Waals surface area contributed by atoms with Gasteiger partial charge in [-0.3, -0.25) is 4.79 Å². The minimum Gasteiger partial charge on any atom is -0.398 e. The number of carbonyl (C=O) groups excluding carboxylic acids is 1. The number of nitrogens with zero attached hydrogens (tertiary/aromatic N) is 1. The molecule has 104 valence electrons. The fourth-order valence-corrected chi connectivity index (χ4v) is 1.59. The number of amides is 1. The smallest absolute Gasteiger partial charge is 0.264 e. The lowest BCUT2D eigenvalue weighted by Crippen LogP contribution is -2.32. The van der Waals surface area contributed by atoms with Crippen LogP contribution in [0.1, 0.15) is 25.0 Å². The molecule has 1 amide bonds. The summed E-state index contributed by atoms with van der Waals surface area (Å²) in [6.45, 7) is 3.58. The van der Waals surface area contributed by atoms with Crippen LogP contribution in [-0.2, 0) is 4.79 Å². The highest BCUT2D eigenvalue weighted by Gasteiger charge is 2.15. The molecule has 1 aromatic carbocycles. The number of nitrogens with two attached hydrogens (primary N) is 2. The SMILES string of the molecule is CC(C)NC(=O)/C(C#N)=C(\N)c1ccc(C=N)c(N)c1. The number of rotatable bonds is 4. The van der Waals surface area contributed by atoms with Crippen LogP contribution in [0.5, 0.6) is 0 Å². The number of hydrogen-bond acceptors (Lipinski definition) is 5. The Bertz CT molecular complexity index is 610. The Morgan fingerprint density at radius 2 is 2.15 bits per heavy atom. The third-order valence-electron chi connectivity index (χ3n) is 2.58. The van der Waals surface area contributed by atoms with Gasteiger partial charge in [-0.1, -0.05) is 12.1 Å². The van der Waals surface area contributed by atoms with E-state index in [2.05, 4.69) is 5.32 Å². The molecule has 6 nitrogen and oxygen atoms in total. The molecule has 0 aliphatic heterocycles. The summed E-state index contributed by atoms with van der Waals surface area (Å²) in [5.41, 5.74) is 12.9. The molecule has 0 aromatic heterocycles. The molecule has 0 bridgehead atoms. The molecule has 0 saturated heterocycles. The highest BCUT2D eigenvalue weighted by Crippen LogP contribution is 2.19. The summed E-state index contributed by atoms with van der Waals surface area (Å²) in [4.78, 5) is 11.9. The molecule has 0 aliphatic rings. The van der Waals surface area contributed by atoms with Gasteiger partial charge in [0.1, 0.15) is 11.6 Å². The van der Waals surface area contributed by atoms with Crippen molar-refractivity contribution in [3.05, 3.63) is 34.9 Å². The molecule has 1 aromatic rings. The van der Waals surface area contributed by atoms with Crippen LogP contribution in [0.25, 0.3) is 5.70 Å². The maximum atomic E-state index is 11.9. The Morgan fingerprint density at radius 3 is 2.60 bits per heavy atom. The molecular weight excluding hydrogens is 254 g/mol. The van der Waals surface area contributed by atoms with Crippen LogP contribution in [0.3, 0.4) is 0 Å². The van der Waals surface area contributed by atoms with Crippen LogP contribution in [0, 0.1) is 16.7 Å². The molecular formula is C14H17N5O. The van der Waals surface area contributed by atoms with Gasteiger partial charge in [-0.05, 0) is 19.9 Å². The van der Waals surface area contributed by atoms with Gasteiger partial charge in [0.25, 0.3) is 5.91 Å². The molecule has 0 fully saturated rings. The fourth-order valence-electron chi connectivity index (χ4n) is 1.59. The topological polar surface area (TPSA) is 129 Å². The molecule has 0 spiro atoms. The second-order valence-corrected chi connectivity index (χ2v) is 4.52. The van der Waals surface area contributed by atoms with E-state index in [1.165, 1.54) is 6.07 Å². The second-order valence-electron chi connectivity index (χ2n) is 4.52. The van der Waals surface area contributed by atoms with Crippen LogP contribution < -0.4 is 16.8 Å². The standard InChI is InChI=1S/C14H17N5O/c1-8(2)19-14(20)11(7-16)13(18)9-3-4-10(6-15)12(17)5-9/h3-6,8,15H,17-18H2,1-2H3,(H,19,20)/b13-11-,15-6?. The molecule has 6 heteroatoms. The van der Waals surface area contributed by atoms with E-state index >= 15 is 0 Å². The average molecular weight is 271 g/mol. The quantitative estimate of drug-likeness (QED) is 0.281. The molecule has 6 N–H and O–H groups in total. The lowest BCUT2D eigenvalue weighted by atomic mass is 10.0. The third-order valence-corrected chi connectivity index (χ3v) is 2.58. The number of nitriles is 1. The molecule has 0 atom stereocenters. The highest BCUT2D eigenvalue weighted by atomic mass is 16.1. The van der Waals surface area contributed by atoms with Crippen molar-refractivity contribution >= 4 is 23.5 Å². The van der Waals surface area contributed by atoms with Gasteiger partial charge < -0.3 is 22.2 Å². The van der Waals surface area contributed by atoms with Crippen LogP contribution in [0.15, 0.2) is 23.8 Å². The van der Waals surface area contributed by atoms with Crippen molar-refractivity contribution in [2.75, 3.05) is 5.73 Å². The van der Waals surface area contributed by atoms with E-state index in [1.807, 2.05) is 6.07 Å². The summed E-state index contributed by atoms with van der Waals surface area (Å²) < 4.78 is 0. The van der Waals surface area contributed by atoms with E-state index < -0.39 is 5.91 Å². The molecule has 0 radical (unpaired) electrons. The third kappa shape index (κ3) is 3.36. The Kier molecular flexibility index (Phi) is 4.87. The molecule has 0 saturated carbocycles. The molecule has 0 heterocycles. The van der Waals surface area contributed by atoms with Crippen LogP contribution in [0.2, 0.25) is 0 Å². The lowest BCUT2D eigenvalue weighted by Gasteiger charge is -2.10. The Morgan fingerprint density at radius 1 is 1.50 bits per heavy atom. The first-order valence-corrected chi connectivity index (χ1v) is 6.01. The predicted molar refractivity (Wildman–Crippen MR) is 78.7 cm³/mol. The minimum absolute atomic E-state index is 0.0638. The first-order valence-electron chi connectivity index (χ1n) is 6.01. The summed E-state index contributed by atoms with van der Waals surface area (Å²) >= 11 is 0. The number of nitrogen functional groups attached to an aromatic ring is 1. The summed E-state index contributed by atoms with van der Waals surface area (Å²) in [7, 11) is 0. The van der Waals surface area contributed by atoms with Gasteiger partial charge in [-0.2, -0.15) is 5.26 Å². The molecule has 0 aliphatic carbocycles. The summed E-state index contributed by atoms with van der Waals surface area (Å²) in [6.07, 6.45) is 1.12. The number of nitrogens with one attached hydrogen (secondary N) is 2. The number of hydrogen-bond donors (Lipinski definition) is 4. The summed E-state index contributed by atoms with van der Waals surface area (Å²) in [5.74, 6) is -0.519. The Balaban J connectivity index is 3.24. The van der Waals surface area contributed by atoms with Crippen LogP contribution in [0.4, 0.5) is 5.69 Å². The normalized spacial score (nSPS) is 11.5. The zero-order valence-electron chi connectivity index (χ0n) is 11.4. The van der Waals surface area contributed by atoms with Gasteiger partial charge in [-0.15, -0.1) is 0 Å². The van der Waals surface area contributed by atoms with Crippen LogP contribution >= 0.6 is 0 Å². The van der Waals surface area contributed by atoms with Crippen molar-refractivity contribution < 1.29 is 4.79 Å². The molecule has 0 unspecified atom stereocenters. The summed E-state index contributed by atoms with van der Waals surface area (Å²) in [5, 5.41) is 18.9. The lowest BCUT2D eigenvalue weighted by molar-refractivity contribution is -0.117. The van der Waals surface area contributed by atoms with E-state index in [9.17, 15) is 4.79 Å². The fraction of sp³-hybridized carbons (Fsp3) is 0.214. The van der Waals surface area contributed by atoms with Crippen molar-refractivity contribution in [1.82, 2.24) is 5.32 Å². The van der Waals surface area contributed by atoms with Crippen LogP contribution in [-0.4, -0.2) is 18.2 Å². The highest BCUT2D eigenvalue weighted by molar-refractivity contribution is 6.04. The van der Waals surface area contributed by atoms with E-state index in [1.54, 1.807) is 26.0 Å². The van der Waals surface area contributed by atoms with Crippen molar-refractivity contribution in [3.63, 3.8) is 0 Å². The van der Waals surface area contributed by atoms with Crippen molar-refractivity contribution in [2.24, 2.45) is 5.73 Å².